The van der Waals surface area contributed by atoms with Gasteiger partial charge in [-0.15, -0.1) is 0 Å². The highest BCUT2D eigenvalue weighted by Gasteiger charge is 2.36. The maximum absolute atomic E-state index is 13.4. The smallest absolute Gasteiger partial charge is 0.280 e. The summed E-state index contributed by atoms with van der Waals surface area (Å²) in [6, 6.07) is 0. The maximum Gasteiger partial charge on any atom is 0.280 e. The van der Waals surface area contributed by atoms with E-state index in [4.69, 9.17) is 4.74 Å². The van der Waals surface area contributed by atoms with E-state index in [0.717, 1.165) is 43.4 Å². The van der Waals surface area contributed by atoms with Crippen LogP contribution < -0.4 is 10.5 Å². The number of carbonyl (C=O) groups is 2. The molecule has 41 heavy (non-hydrogen) atoms. The van der Waals surface area contributed by atoms with Crippen LogP contribution in [0.1, 0.15) is 129 Å². The topological polar surface area (TPSA) is 151 Å². The highest BCUT2D eigenvalue weighted by Crippen LogP contribution is 2.30. The number of imide groups is 1. The Labute approximate surface area is 242 Å². The number of aliphatic hydroxyl groups is 2. The zero-order chi connectivity index (χ0) is 29.6. The Bertz CT molecular complexity index is 1120. The Kier molecular flexibility index (Phi) is 13.9. The number of nitrogens with zero attached hydrogens (tertiary/aromatic N) is 4. The Morgan fingerprint density at radius 2 is 1.49 bits per heavy atom. The van der Waals surface area contributed by atoms with Crippen molar-refractivity contribution in [2.45, 2.75) is 141 Å². The third-order valence-corrected chi connectivity index (χ3v) is 7.81. The van der Waals surface area contributed by atoms with Gasteiger partial charge in [0.2, 0.25) is 17.8 Å². The maximum atomic E-state index is 13.4. The summed E-state index contributed by atoms with van der Waals surface area (Å²) in [5.74, 6) is -0.886. The van der Waals surface area contributed by atoms with Crippen molar-refractivity contribution in [1.29, 1.82) is 0 Å². The molecule has 0 spiro atoms. The molecular weight excluding hydrogens is 526 g/mol. The van der Waals surface area contributed by atoms with Gasteiger partial charge in [0.1, 0.15) is 12.3 Å². The van der Waals surface area contributed by atoms with Gasteiger partial charge in [0, 0.05) is 19.3 Å². The lowest BCUT2D eigenvalue weighted by Gasteiger charge is -2.20. The first-order valence-corrected chi connectivity index (χ1v) is 15.7. The molecule has 2 aromatic heterocycles. The van der Waals surface area contributed by atoms with Crippen molar-refractivity contribution in [2.75, 3.05) is 11.5 Å². The average molecular weight is 576 g/mol. The van der Waals surface area contributed by atoms with E-state index in [9.17, 15) is 24.6 Å². The van der Waals surface area contributed by atoms with Gasteiger partial charge in [0.25, 0.3) is 5.56 Å². The summed E-state index contributed by atoms with van der Waals surface area (Å²) in [5.41, 5.74) is -0.381. The van der Waals surface area contributed by atoms with Gasteiger partial charge in [-0.05, 0) is 12.8 Å². The van der Waals surface area contributed by atoms with E-state index in [1.165, 1.54) is 49.4 Å². The van der Waals surface area contributed by atoms with E-state index < -0.39 is 24.0 Å². The second-order valence-electron chi connectivity index (χ2n) is 11.2. The molecule has 0 aromatic carbocycles. The quantitative estimate of drug-likeness (QED) is 0.200. The summed E-state index contributed by atoms with van der Waals surface area (Å²) < 4.78 is 7.24. The molecule has 0 aliphatic carbocycles. The Morgan fingerprint density at radius 3 is 2.00 bits per heavy atom. The average Bonchev–Trinajstić information content (AvgIpc) is 3.55. The molecule has 230 valence electrons. The minimum absolute atomic E-state index is 0.0401. The van der Waals surface area contributed by atoms with Gasteiger partial charge in [-0.25, -0.2) is 9.88 Å². The van der Waals surface area contributed by atoms with E-state index in [1.807, 2.05) is 0 Å². The summed E-state index contributed by atoms with van der Waals surface area (Å²) in [7, 11) is 0. The number of imidazole rings is 1. The third kappa shape index (κ3) is 9.44. The highest BCUT2D eigenvalue weighted by atomic mass is 16.5. The van der Waals surface area contributed by atoms with Gasteiger partial charge in [-0.1, -0.05) is 90.9 Å². The number of rotatable bonds is 19. The van der Waals surface area contributed by atoms with Gasteiger partial charge >= 0.3 is 0 Å². The second-order valence-corrected chi connectivity index (χ2v) is 11.2. The molecule has 0 unspecified atom stereocenters. The first-order chi connectivity index (χ1) is 19.9. The van der Waals surface area contributed by atoms with E-state index in [2.05, 4.69) is 28.8 Å². The number of ether oxygens (including phenoxy) is 1. The number of aromatic nitrogens is 4. The molecule has 1 aliphatic heterocycles. The van der Waals surface area contributed by atoms with Crippen LogP contribution in [0.25, 0.3) is 11.2 Å². The van der Waals surface area contributed by atoms with Crippen LogP contribution in [0.4, 0.5) is 5.95 Å². The molecule has 2 amide bonds. The molecule has 2 aromatic rings. The molecule has 0 radical (unpaired) electrons. The number of aliphatic hydroxyl groups excluding tert-OH is 2. The minimum Gasteiger partial charge on any atom is -0.394 e. The number of carbonyl (C=O) groups excluding carboxylic acids is 2. The number of unbranched alkanes of at least 4 members (excludes halogenated alkanes) is 12. The molecule has 1 saturated heterocycles. The van der Waals surface area contributed by atoms with E-state index >= 15 is 0 Å². The van der Waals surface area contributed by atoms with Gasteiger partial charge in [-0.2, -0.15) is 4.98 Å². The molecule has 3 N–H and O–H groups in total. The number of anilines is 1. The number of aromatic amines is 1. The first kappa shape index (κ1) is 32.9. The monoisotopic (exact) mass is 575 g/mol. The van der Waals surface area contributed by atoms with Crippen LogP contribution in [0.5, 0.6) is 0 Å². The first-order valence-electron chi connectivity index (χ1n) is 15.7. The van der Waals surface area contributed by atoms with Gasteiger partial charge in [-0.3, -0.25) is 23.9 Å². The molecular formula is C30H49N5O6. The number of fused-ring (bicyclic) bond motifs is 1. The summed E-state index contributed by atoms with van der Waals surface area (Å²) in [4.78, 5) is 52.1. The Hall–Kier alpha value is -2.63. The number of hydrogen-bond acceptors (Lipinski definition) is 8. The van der Waals surface area contributed by atoms with Crippen LogP contribution in [0.2, 0.25) is 0 Å². The predicted octanol–water partition coefficient (Wildman–Crippen LogP) is 4.90. The fourth-order valence-electron chi connectivity index (χ4n) is 5.35. The standard InChI is InChI=1S/C30H49N5O6/c1-3-5-7-9-11-13-15-17-24(38)35(25(39)18-16-14-12-10-8-6-4-2)30-32-28-27(29(40)33-30)31-21-34(28)26-19-22(37)23(20-36)41-26/h21-23,26,36-37H,3-20H2,1-2H3,(H,32,33,40)/t22-,23+,26+/m0/s1. The molecule has 3 heterocycles. The lowest BCUT2D eigenvalue weighted by Crippen LogP contribution is -2.39. The van der Waals surface area contributed by atoms with Crippen molar-refractivity contribution in [3.8, 4) is 0 Å². The normalized spacial score (nSPS) is 18.8. The minimum atomic E-state index is -0.882. The van der Waals surface area contributed by atoms with Crippen molar-refractivity contribution in [3.05, 3.63) is 16.7 Å². The SMILES string of the molecule is CCCCCCCCCC(=O)N(C(=O)CCCCCCCCC)c1nc2c(ncn2[C@H]2C[C@H](O)[C@@H](CO)O2)c(=O)[nH]1. The molecule has 11 heteroatoms. The van der Waals surface area contributed by atoms with E-state index in [0.29, 0.717) is 12.8 Å². The van der Waals surface area contributed by atoms with Gasteiger partial charge in [0.05, 0.1) is 19.0 Å². The number of H-pyrrole nitrogens is 1. The molecule has 3 atom stereocenters. The lowest BCUT2D eigenvalue weighted by atomic mass is 10.1. The molecule has 1 aliphatic rings. The number of amides is 2. The Balaban J connectivity index is 1.76. The number of nitrogens with one attached hydrogen (secondary N) is 1. The molecule has 3 rings (SSSR count). The van der Waals surface area contributed by atoms with Crippen molar-refractivity contribution in [2.24, 2.45) is 0 Å². The lowest BCUT2D eigenvalue weighted by molar-refractivity contribution is -0.126. The molecule has 11 nitrogen and oxygen atoms in total. The van der Waals surface area contributed by atoms with Crippen LogP contribution >= 0.6 is 0 Å². The van der Waals surface area contributed by atoms with Crippen LogP contribution in [-0.4, -0.2) is 60.4 Å². The van der Waals surface area contributed by atoms with E-state index in [1.54, 1.807) is 0 Å². The van der Waals surface area contributed by atoms with E-state index in [-0.39, 0.29) is 54.8 Å². The zero-order valence-corrected chi connectivity index (χ0v) is 24.9. The van der Waals surface area contributed by atoms with Crippen LogP contribution in [-0.2, 0) is 14.3 Å². The van der Waals surface area contributed by atoms with Crippen LogP contribution in [0, 0.1) is 0 Å². The Morgan fingerprint density at radius 1 is 0.951 bits per heavy atom. The van der Waals surface area contributed by atoms with Crippen molar-refractivity contribution in [1.82, 2.24) is 19.5 Å². The second kappa shape index (κ2) is 17.4. The third-order valence-electron chi connectivity index (χ3n) is 7.81. The fourth-order valence-corrected chi connectivity index (χ4v) is 5.35. The van der Waals surface area contributed by atoms with Crippen LogP contribution in [0.3, 0.4) is 0 Å². The molecule has 0 bridgehead atoms. The van der Waals surface area contributed by atoms with Crippen molar-refractivity contribution >= 4 is 28.9 Å². The van der Waals surface area contributed by atoms with Crippen LogP contribution in [0.15, 0.2) is 11.1 Å². The largest absolute Gasteiger partial charge is 0.394 e. The van der Waals surface area contributed by atoms with Gasteiger partial charge in [0.15, 0.2) is 11.2 Å². The highest BCUT2D eigenvalue weighted by molar-refractivity contribution is 6.13. The summed E-state index contributed by atoms with van der Waals surface area (Å²) in [6.07, 6.45) is 14.2. The van der Waals surface area contributed by atoms with Gasteiger partial charge < -0.3 is 14.9 Å². The number of hydrogen-bond donors (Lipinski definition) is 3. The predicted molar refractivity (Wildman–Crippen MR) is 157 cm³/mol. The molecule has 0 saturated carbocycles. The van der Waals surface area contributed by atoms with Crippen molar-refractivity contribution in [3.63, 3.8) is 0 Å². The zero-order valence-electron chi connectivity index (χ0n) is 24.9. The summed E-state index contributed by atoms with van der Waals surface area (Å²) >= 11 is 0. The molecule has 1 fully saturated rings. The summed E-state index contributed by atoms with van der Waals surface area (Å²) in [6.45, 7) is 4.00. The van der Waals surface area contributed by atoms with Crippen molar-refractivity contribution < 1.29 is 24.5 Å². The summed E-state index contributed by atoms with van der Waals surface area (Å²) in [5, 5.41) is 19.7. The fraction of sp³-hybridized carbons (Fsp3) is 0.767.